The van der Waals surface area contributed by atoms with Gasteiger partial charge in [0.1, 0.15) is 5.60 Å². The monoisotopic (exact) mass is 239 g/mol. The molecular weight excluding hydrogens is 214 g/mol. The Morgan fingerprint density at radius 1 is 1.29 bits per heavy atom. The minimum absolute atomic E-state index is 0.0463. The summed E-state index contributed by atoms with van der Waals surface area (Å²) in [6.07, 6.45) is 5.58. The third-order valence-electron chi connectivity index (χ3n) is 4.13. The Hall–Kier alpha value is -0.570. The second kappa shape index (κ2) is 4.60. The highest BCUT2D eigenvalue weighted by Gasteiger charge is 2.52. The van der Waals surface area contributed by atoms with Gasteiger partial charge in [0.25, 0.3) is 0 Å². The molecule has 0 amide bonds. The van der Waals surface area contributed by atoms with Crippen LogP contribution in [0.5, 0.6) is 0 Å². The van der Waals surface area contributed by atoms with Crippen LogP contribution < -0.4 is 5.32 Å². The molecule has 0 aromatic heterocycles. The van der Waals surface area contributed by atoms with Crippen molar-refractivity contribution in [2.45, 2.75) is 58.5 Å². The molecule has 2 aliphatic rings. The lowest BCUT2D eigenvalue weighted by molar-refractivity contribution is -0.179. The number of nitrogens with one attached hydrogen (secondary N) is 1. The van der Waals surface area contributed by atoms with E-state index in [1.54, 1.807) is 0 Å². The van der Waals surface area contributed by atoms with Crippen molar-refractivity contribution in [3.05, 3.63) is 0 Å². The highest BCUT2D eigenvalue weighted by molar-refractivity contribution is 5.78. The van der Waals surface area contributed by atoms with Crippen LogP contribution in [0.2, 0.25) is 0 Å². The summed E-state index contributed by atoms with van der Waals surface area (Å²) in [5.41, 5.74) is -0.525. The second-order valence-corrected chi connectivity index (χ2v) is 6.55. The van der Waals surface area contributed by atoms with Crippen LogP contribution in [-0.4, -0.2) is 24.7 Å². The lowest BCUT2D eigenvalue weighted by Crippen LogP contribution is -2.52. The van der Waals surface area contributed by atoms with Crippen molar-refractivity contribution in [1.29, 1.82) is 0 Å². The molecule has 0 aromatic rings. The van der Waals surface area contributed by atoms with E-state index >= 15 is 0 Å². The van der Waals surface area contributed by atoms with E-state index in [-0.39, 0.29) is 17.0 Å². The average Bonchev–Trinajstić information content (AvgIpc) is 2.14. The molecule has 1 unspecified atom stereocenters. The predicted octanol–water partition coefficient (Wildman–Crippen LogP) is 2.50. The summed E-state index contributed by atoms with van der Waals surface area (Å²) in [5.74, 6) is 0.532. The van der Waals surface area contributed by atoms with Crippen LogP contribution in [0.3, 0.4) is 0 Å². The number of piperidine rings is 1. The molecule has 1 saturated heterocycles. The van der Waals surface area contributed by atoms with Gasteiger partial charge >= 0.3 is 5.97 Å². The molecule has 0 spiro atoms. The standard InChI is InChI=1S/C14H25NO2/c1-13(2,3)17-12(16)14(7-5-8-14)11-6-4-9-15-10-11/h11,15H,4-10H2,1-3H3. The van der Waals surface area contributed by atoms with E-state index in [4.69, 9.17) is 4.74 Å². The molecule has 1 N–H and O–H groups in total. The molecule has 2 fully saturated rings. The normalized spacial score (nSPS) is 28.3. The number of ether oxygens (including phenoxy) is 1. The van der Waals surface area contributed by atoms with Gasteiger partial charge in [-0.2, -0.15) is 0 Å². The molecule has 1 saturated carbocycles. The van der Waals surface area contributed by atoms with E-state index in [0.29, 0.717) is 5.92 Å². The third kappa shape index (κ3) is 2.65. The van der Waals surface area contributed by atoms with Gasteiger partial charge in [-0.25, -0.2) is 0 Å². The van der Waals surface area contributed by atoms with E-state index in [2.05, 4.69) is 5.32 Å². The van der Waals surface area contributed by atoms with Crippen LogP contribution in [-0.2, 0) is 9.53 Å². The molecule has 3 heteroatoms. The summed E-state index contributed by atoms with van der Waals surface area (Å²) in [6.45, 7) is 7.95. The Kier molecular flexibility index (Phi) is 3.48. The van der Waals surface area contributed by atoms with E-state index in [9.17, 15) is 4.79 Å². The lowest BCUT2D eigenvalue weighted by Gasteiger charge is -2.47. The summed E-state index contributed by atoms with van der Waals surface area (Å²) < 4.78 is 5.63. The maximum Gasteiger partial charge on any atom is 0.312 e. The van der Waals surface area contributed by atoms with Gasteiger partial charge in [-0.1, -0.05) is 6.42 Å². The lowest BCUT2D eigenvalue weighted by atomic mass is 9.59. The van der Waals surface area contributed by atoms with Crippen LogP contribution in [0.1, 0.15) is 52.9 Å². The van der Waals surface area contributed by atoms with Crippen LogP contribution in [0.25, 0.3) is 0 Å². The molecule has 98 valence electrons. The molecule has 2 rings (SSSR count). The summed E-state index contributed by atoms with van der Waals surface area (Å²) in [5, 5.41) is 3.42. The topological polar surface area (TPSA) is 38.3 Å². The summed E-state index contributed by atoms with van der Waals surface area (Å²) in [4.78, 5) is 12.4. The summed E-state index contributed by atoms with van der Waals surface area (Å²) in [7, 11) is 0. The van der Waals surface area contributed by atoms with Gasteiger partial charge < -0.3 is 10.1 Å². The molecular formula is C14H25NO2. The average molecular weight is 239 g/mol. The fourth-order valence-electron chi connectivity index (χ4n) is 3.04. The minimum Gasteiger partial charge on any atom is -0.460 e. The second-order valence-electron chi connectivity index (χ2n) is 6.55. The van der Waals surface area contributed by atoms with Gasteiger partial charge in [-0.05, 0) is 65.5 Å². The fraction of sp³-hybridized carbons (Fsp3) is 0.929. The molecule has 1 atom stereocenters. The Bertz CT molecular complexity index is 283. The quantitative estimate of drug-likeness (QED) is 0.752. The van der Waals surface area contributed by atoms with Crippen LogP contribution >= 0.6 is 0 Å². The van der Waals surface area contributed by atoms with Crippen molar-refractivity contribution in [2.24, 2.45) is 11.3 Å². The van der Waals surface area contributed by atoms with Gasteiger partial charge in [0.15, 0.2) is 0 Å². The number of carbonyl (C=O) groups is 1. The van der Waals surface area contributed by atoms with Crippen LogP contribution in [0.15, 0.2) is 0 Å². The largest absolute Gasteiger partial charge is 0.460 e. The van der Waals surface area contributed by atoms with E-state index in [0.717, 1.165) is 25.9 Å². The number of hydrogen-bond donors (Lipinski definition) is 1. The zero-order valence-corrected chi connectivity index (χ0v) is 11.3. The first-order valence-corrected chi connectivity index (χ1v) is 6.88. The Balaban J connectivity index is 2.05. The number of rotatable bonds is 2. The van der Waals surface area contributed by atoms with E-state index in [1.807, 2.05) is 20.8 Å². The predicted molar refractivity (Wildman–Crippen MR) is 67.7 cm³/mol. The van der Waals surface area contributed by atoms with Crippen molar-refractivity contribution in [2.75, 3.05) is 13.1 Å². The first-order chi connectivity index (χ1) is 7.94. The number of hydrogen-bond acceptors (Lipinski definition) is 3. The van der Waals surface area contributed by atoms with Crippen molar-refractivity contribution >= 4 is 5.97 Å². The molecule has 0 aromatic carbocycles. The Labute approximate surface area is 104 Å². The van der Waals surface area contributed by atoms with Gasteiger partial charge in [-0.3, -0.25) is 4.79 Å². The highest BCUT2D eigenvalue weighted by Crippen LogP contribution is 2.50. The Morgan fingerprint density at radius 3 is 2.41 bits per heavy atom. The Morgan fingerprint density at radius 2 is 2.00 bits per heavy atom. The third-order valence-corrected chi connectivity index (χ3v) is 4.13. The van der Waals surface area contributed by atoms with Gasteiger partial charge in [0.2, 0.25) is 0 Å². The fourth-order valence-corrected chi connectivity index (χ4v) is 3.04. The van der Waals surface area contributed by atoms with Crippen molar-refractivity contribution < 1.29 is 9.53 Å². The van der Waals surface area contributed by atoms with Crippen LogP contribution in [0, 0.1) is 11.3 Å². The molecule has 1 heterocycles. The van der Waals surface area contributed by atoms with E-state index < -0.39 is 0 Å². The molecule has 0 bridgehead atoms. The van der Waals surface area contributed by atoms with Crippen LogP contribution in [0.4, 0.5) is 0 Å². The molecule has 1 aliphatic heterocycles. The van der Waals surface area contributed by atoms with Crippen molar-refractivity contribution in [3.63, 3.8) is 0 Å². The first kappa shape index (κ1) is 12.9. The number of esters is 1. The summed E-state index contributed by atoms with van der Waals surface area (Å²) in [6, 6.07) is 0. The molecule has 0 radical (unpaired) electrons. The van der Waals surface area contributed by atoms with Crippen molar-refractivity contribution in [3.8, 4) is 0 Å². The highest BCUT2D eigenvalue weighted by atomic mass is 16.6. The van der Waals surface area contributed by atoms with Gasteiger partial charge in [0, 0.05) is 0 Å². The van der Waals surface area contributed by atoms with Gasteiger partial charge in [0.05, 0.1) is 5.41 Å². The van der Waals surface area contributed by atoms with Gasteiger partial charge in [-0.15, -0.1) is 0 Å². The first-order valence-electron chi connectivity index (χ1n) is 6.88. The molecule has 3 nitrogen and oxygen atoms in total. The zero-order chi connectivity index (χ0) is 12.5. The van der Waals surface area contributed by atoms with Crippen molar-refractivity contribution in [1.82, 2.24) is 5.32 Å². The smallest absolute Gasteiger partial charge is 0.312 e. The number of carbonyl (C=O) groups excluding carboxylic acids is 1. The molecule has 1 aliphatic carbocycles. The zero-order valence-electron chi connectivity index (χ0n) is 11.3. The molecule has 17 heavy (non-hydrogen) atoms. The van der Waals surface area contributed by atoms with E-state index in [1.165, 1.54) is 19.3 Å². The maximum absolute atomic E-state index is 12.4. The summed E-state index contributed by atoms with van der Waals surface area (Å²) >= 11 is 0. The SMILES string of the molecule is CC(C)(C)OC(=O)C1(C2CCCNC2)CCC1. The maximum atomic E-state index is 12.4. The minimum atomic E-state index is -0.359.